The maximum Gasteiger partial charge on any atom is 0.255 e. The number of nitrogens with two attached hydrogens (primary N) is 1. The van der Waals surface area contributed by atoms with E-state index >= 15 is 0 Å². The number of carbonyl (C=O) groups is 1. The highest BCUT2D eigenvalue weighted by Crippen LogP contribution is 2.14. The van der Waals surface area contributed by atoms with E-state index in [1.165, 1.54) is 12.1 Å². The number of hydrogen-bond donors (Lipinski definition) is 2. The average molecular weight is 268 g/mol. The number of hydrogen-bond acceptors (Lipinski definition) is 2. The van der Waals surface area contributed by atoms with Crippen LogP contribution in [0.4, 0.5) is 4.39 Å². The van der Waals surface area contributed by atoms with Gasteiger partial charge in [0.2, 0.25) is 0 Å². The molecule has 0 saturated heterocycles. The Morgan fingerprint density at radius 2 is 2.17 bits per heavy atom. The molecule has 1 amide bonds. The molecule has 18 heavy (non-hydrogen) atoms. The third-order valence-electron chi connectivity index (χ3n) is 3.01. The standard InChI is InChI=1S/C13H17FN2OS/c1-4-13(3,12(15)18)16-11(17)9-7-8(2)5-6-10(9)14/h5-7H,4H2,1-3H3,(H2,15,18)(H,16,17). The van der Waals surface area contributed by atoms with E-state index in [2.05, 4.69) is 5.32 Å². The number of benzene rings is 1. The molecule has 0 saturated carbocycles. The van der Waals surface area contributed by atoms with Crippen molar-refractivity contribution < 1.29 is 9.18 Å². The molecule has 0 fully saturated rings. The number of halogens is 1. The maximum atomic E-state index is 13.6. The van der Waals surface area contributed by atoms with Crippen LogP contribution in [0, 0.1) is 12.7 Å². The van der Waals surface area contributed by atoms with Crippen LogP contribution in [-0.2, 0) is 0 Å². The molecule has 5 heteroatoms. The average Bonchev–Trinajstić information content (AvgIpc) is 2.31. The SMILES string of the molecule is CCC(C)(NC(=O)c1cc(C)ccc1F)C(N)=S. The lowest BCUT2D eigenvalue weighted by atomic mass is 9.98. The molecule has 1 unspecified atom stereocenters. The molecule has 1 aromatic rings. The lowest BCUT2D eigenvalue weighted by Gasteiger charge is -2.28. The van der Waals surface area contributed by atoms with E-state index in [4.69, 9.17) is 18.0 Å². The Bertz CT molecular complexity index is 490. The summed E-state index contributed by atoms with van der Waals surface area (Å²) >= 11 is 4.93. The summed E-state index contributed by atoms with van der Waals surface area (Å²) in [5.41, 5.74) is 5.62. The highest BCUT2D eigenvalue weighted by Gasteiger charge is 2.28. The van der Waals surface area contributed by atoms with Gasteiger partial charge in [0.1, 0.15) is 5.82 Å². The number of rotatable bonds is 4. The molecule has 1 aromatic carbocycles. The topological polar surface area (TPSA) is 55.1 Å². The fraction of sp³-hybridized carbons (Fsp3) is 0.385. The van der Waals surface area contributed by atoms with E-state index in [1.54, 1.807) is 19.9 Å². The van der Waals surface area contributed by atoms with Gasteiger partial charge in [-0.25, -0.2) is 4.39 Å². The molecule has 0 radical (unpaired) electrons. The Balaban J connectivity index is 3.02. The molecule has 98 valence electrons. The minimum atomic E-state index is -0.803. The van der Waals surface area contributed by atoms with Gasteiger partial charge in [0.15, 0.2) is 0 Å². The fourth-order valence-electron chi connectivity index (χ4n) is 1.46. The Labute approximate surface area is 112 Å². The molecule has 3 nitrogen and oxygen atoms in total. The van der Waals surface area contributed by atoms with Crippen LogP contribution in [0.2, 0.25) is 0 Å². The first-order chi connectivity index (χ1) is 8.30. The van der Waals surface area contributed by atoms with Gasteiger partial charge >= 0.3 is 0 Å². The van der Waals surface area contributed by atoms with Crippen LogP contribution in [0.3, 0.4) is 0 Å². The fourth-order valence-corrected chi connectivity index (χ4v) is 1.65. The van der Waals surface area contributed by atoms with Gasteiger partial charge in [0, 0.05) is 0 Å². The summed E-state index contributed by atoms with van der Waals surface area (Å²) in [6, 6.07) is 4.38. The third-order valence-corrected chi connectivity index (χ3v) is 3.46. The molecule has 0 aliphatic heterocycles. The molecule has 0 spiro atoms. The molecule has 0 aromatic heterocycles. The summed E-state index contributed by atoms with van der Waals surface area (Å²) in [7, 11) is 0. The zero-order valence-corrected chi connectivity index (χ0v) is 11.5. The lowest BCUT2D eigenvalue weighted by Crippen LogP contribution is -2.54. The van der Waals surface area contributed by atoms with E-state index < -0.39 is 17.3 Å². The number of nitrogens with one attached hydrogen (secondary N) is 1. The summed E-state index contributed by atoms with van der Waals surface area (Å²) in [5, 5.41) is 2.68. The number of thiocarbonyl (C=S) groups is 1. The first-order valence-electron chi connectivity index (χ1n) is 5.68. The predicted molar refractivity (Wildman–Crippen MR) is 74.1 cm³/mol. The highest BCUT2D eigenvalue weighted by molar-refractivity contribution is 7.80. The Morgan fingerprint density at radius 1 is 1.56 bits per heavy atom. The van der Waals surface area contributed by atoms with Gasteiger partial charge in [0.25, 0.3) is 5.91 Å². The quantitative estimate of drug-likeness (QED) is 0.824. The molecule has 3 N–H and O–H groups in total. The second-order valence-corrected chi connectivity index (χ2v) is 4.93. The molecule has 1 rings (SSSR count). The summed E-state index contributed by atoms with van der Waals surface area (Å²) in [4.78, 5) is 12.2. The van der Waals surface area contributed by atoms with Crippen molar-refractivity contribution in [3.8, 4) is 0 Å². The monoisotopic (exact) mass is 268 g/mol. The van der Waals surface area contributed by atoms with Gasteiger partial charge in [0.05, 0.1) is 16.1 Å². The Kier molecular flexibility index (Phi) is 4.40. The summed E-state index contributed by atoms with van der Waals surface area (Å²) in [6.07, 6.45) is 0.543. The van der Waals surface area contributed by atoms with Gasteiger partial charge < -0.3 is 11.1 Å². The van der Waals surface area contributed by atoms with Gasteiger partial charge in [-0.05, 0) is 32.4 Å². The largest absolute Gasteiger partial charge is 0.391 e. The predicted octanol–water partition coefficient (Wildman–Crippen LogP) is 2.32. The number of aryl methyl sites for hydroxylation is 1. The van der Waals surface area contributed by atoms with Crippen LogP contribution in [0.25, 0.3) is 0 Å². The normalized spacial score (nSPS) is 13.8. The molecule has 0 aliphatic rings. The van der Waals surface area contributed by atoms with Crippen molar-refractivity contribution in [3.05, 3.63) is 35.1 Å². The summed E-state index contributed by atoms with van der Waals surface area (Å²) in [6.45, 7) is 5.37. The zero-order valence-electron chi connectivity index (χ0n) is 10.7. The summed E-state index contributed by atoms with van der Waals surface area (Å²) in [5.74, 6) is -1.06. The zero-order chi connectivity index (χ0) is 13.9. The van der Waals surface area contributed by atoms with Crippen LogP contribution < -0.4 is 11.1 Å². The molecule has 0 aliphatic carbocycles. The van der Waals surface area contributed by atoms with E-state index in [-0.39, 0.29) is 10.6 Å². The van der Waals surface area contributed by atoms with Crippen molar-refractivity contribution in [2.45, 2.75) is 32.7 Å². The van der Waals surface area contributed by atoms with Crippen LogP contribution in [0.15, 0.2) is 18.2 Å². The van der Waals surface area contributed by atoms with Crippen molar-refractivity contribution >= 4 is 23.1 Å². The van der Waals surface area contributed by atoms with E-state index in [0.29, 0.717) is 6.42 Å². The van der Waals surface area contributed by atoms with Crippen LogP contribution in [0.1, 0.15) is 36.2 Å². The van der Waals surface area contributed by atoms with Crippen molar-refractivity contribution in [2.24, 2.45) is 5.73 Å². The van der Waals surface area contributed by atoms with Crippen LogP contribution >= 0.6 is 12.2 Å². The van der Waals surface area contributed by atoms with Crippen molar-refractivity contribution in [2.75, 3.05) is 0 Å². The smallest absolute Gasteiger partial charge is 0.255 e. The third kappa shape index (κ3) is 3.04. The van der Waals surface area contributed by atoms with Crippen molar-refractivity contribution in [1.29, 1.82) is 0 Å². The Morgan fingerprint density at radius 3 is 2.67 bits per heavy atom. The molecule has 1 atom stereocenters. The minimum absolute atomic E-state index is 0.00549. The second-order valence-electron chi connectivity index (χ2n) is 4.49. The van der Waals surface area contributed by atoms with E-state index in [9.17, 15) is 9.18 Å². The van der Waals surface area contributed by atoms with Crippen LogP contribution in [-0.4, -0.2) is 16.4 Å². The molecular formula is C13H17FN2OS. The van der Waals surface area contributed by atoms with Crippen molar-refractivity contribution in [3.63, 3.8) is 0 Å². The Hall–Kier alpha value is -1.49. The van der Waals surface area contributed by atoms with E-state index in [1.807, 2.05) is 6.92 Å². The van der Waals surface area contributed by atoms with Crippen molar-refractivity contribution in [1.82, 2.24) is 5.32 Å². The molecule has 0 heterocycles. The molecular weight excluding hydrogens is 251 g/mol. The van der Waals surface area contributed by atoms with Gasteiger partial charge in [-0.3, -0.25) is 4.79 Å². The minimum Gasteiger partial charge on any atom is -0.391 e. The molecule has 0 bridgehead atoms. The van der Waals surface area contributed by atoms with Gasteiger partial charge in [-0.2, -0.15) is 0 Å². The number of carbonyl (C=O) groups excluding carboxylic acids is 1. The lowest BCUT2D eigenvalue weighted by molar-refractivity contribution is 0.0922. The summed E-state index contributed by atoms with van der Waals surface area (Å²) < 4.78 is 13.6. The van der Waals surface area contributed by atoms with Gasteiger partial charge in [-0.15, -0.1) is 0 Å². The first-order valence-corrected chi connectivity index (χ1v) is 6.09. The van der Waals surface area contributed by atoms with Gasteiger partial charge in [-0.1, -0.05) is 30.8 Å². The first kappa shape index (κ1) is 14.6. The highest BCUT2D eigenvalue weighted by atomic mass is 32.1. The maximum absolute atomic E-state index is 13.6. The second kappa shape index (κ2) is 5.44. The van der Waals surface area contributed by atoms with Crippen LogP contribution in [0.5, 0.6) is 0 Å². The number of amides is 1. The van der Waals surface area contributed by atoms with E-state index in [0.717, 1.165) is 5.56 Å².